The molecular weight excluding hydrogens is 524 g/mol. The van der Waals surface area contributed by atoms with E-state index in [4.69, 9.17) is 9.47 Å². The Morgan fingerprint density at radius 1 is 1.21 bits per heavy atom. The first-order valence-corrected chi connectivity index (χ1v) is 14.0. The molecule has 12 nitrogen and oxygen atoms in total. The maximum atomic E-state index is 12.7. The van der Waals surface area contributed by atoms with Crippen molar-refractivity contribution in [3.8, 4) is 10.6 Å². The van der Waals surface area contributed by atoms with E-state index in [1.807, 2.05) is 45.6 Å². The van der Waals surface area contributed by atoms with Crippen LogP contribution < -0.4 is 15.5 Å². The van der Waals surface area contributed by atoms with E-state index in [0.29, 0.717) is 48.3 Å². The van der Waals surface area contributed by atoms with Crippen LogP contribution in [0.4, 0.5) is 26.8 Å². The van der Waals surface area contributed by atoms with Gasteiger partial charge in [-0.15, -0.1) is 11.3 Å². The van der Waals surface area contributed by atoms with Gasteiger partial charge in [0.1, 0.15) is 22.1 Å². The molecule has 0 radical (unpaired) electrons. The summed E-state index contributed by atoms with van der Waals surface area (Å²) in [7, 11) is 0. The highest BCUT2D eigenvalue weighted by Crippen LogP contribution is 2.36. The molecule has 0 saturated carbocycles. The van der Waals surface area contributed by atoms with Crippen molar-refractivity contribution in [3.05, 3.63) is 33.7 Å². The van der Waals surface area contributed by atoms with Crippen LogP contribution >= 0.6 is 11.3 Å². The number of nitrogens with one attached hydrogen (secondary N) is 2. The van der Waals surface area contributed by atoms with E-state index in [0.717, 1.165) is 12.8 Å². The molecule has 3 heterocycles. The number of likely N-dealkylation sites (tertiary alicyclic amines) is 1. The van der Waals surface area contributed by atoms with Gasteiger partial charge < -0.3 is 24.6 Å². The summed E-state index contributed by atoms with van der Waals surface area (Å²) in [4.78, 5) is 44.6. The highest BCUT2D eigenvalue weighted by molar-refractivity contribution is 7.13. The number of morpholine rings is 1. The number of amides is 3. The number of thiazole rings is 1. The number of anilines is 2. The molecule has 13 heteroatoms. The van der Waals surface area contributed by atoms with Crippen molar-refractivity contribution in [3.63, 3.8) is 0 Å². The quantitative estimate of drug-likeness (QED) is 0.391. The van der Waals surface area contributed by atoms with E-state index in [1.54, 1.807) is 16.3 Å². The predicted octanol–water partition coefficient (Wildman–Crippen LogP) is 4.85. The Bertz CT molecular complexity index is 1200. The molecular formula is C26H36N6O6S. The number of ether oxygens (including phenoxy) is 2. The minimum atomic E-state index is -0.586. The Morgan fingerprint density at radius 2 is 1.92 bits per heavy atom. The molecule has 4 rings (SSSR count). The standard InChI is InChI=1S/C26H36N6O6S/c1-16-12-31(13-17(2)37-16)20-9-8-18(11-21(20)32(35)36)23-28-22(15-39-23)29-24(33)27-19-7-6-10-30(14-19)25(34)38-26(3,4)5/h8-9,11,15-17,19H,6-7,10,12-14H2,1-5H3,(H2,27,29,33)/t16?,17?,19-/m0/s1. The van der Waals surface area contributed by atoms with Gasteiger partial charge in [-0.3, -0.25) is 15.4 Å². The third kappa shape index (κ3) is 7.57. The van der Waals surface area contributed by atoms with E-state index in [1.165, 1.54) is 17.4 Å². The normalized spacial score (nSPS) is 21.8. The third-order valence-corrected chi connectivity index (χ3v) is 7.22. The van der Waals surface area contributed by atoms with Crippen LogP contribution in [-0.4, -0.2) is 77.0 Å². The van der Waals surface area contributed by atoms with Crippen molar-refractivity contribution < 1.29 is 24.0 Å². The number of carbonyl (C=O) groups is 2. The summed E-state index contributed by atoms with van der Waals surface area (Å²) < 4.78 is 11.2. The van der Waals surface area contributed by atoms with Crippen molar-refractivity contribution in [1.82, 2.24) is 15.2 Å². The van der Waals surface area contributed by atoms with Gasteiger partial charge in [0.2, 0.25) is 0 Å². The molecule has 2 fully saturated rings. The van der Waals surface area contributed by atoms with Gasteiger partial charge in [0.15, 0.2) is 0 Å². The van der Waals surface area contributed by atoms with E-state index in [9.17, 15) is 19.7 Å². The summed E-state index contributed by atoms with van der Waals surface area (Å²) in [6.07, 6.45) is 1.05. The van der Waals surface area contributed by atoms with Gasteiger partial charge in [0.25, 0.3) is 5.69 Å². The maximum Gasteiger partial charge on any atom is 0.410 e. The molecule has 2 aliphatic heterocycles. The minimum Gasteiger partial charge on any atom is -0.444 e. The molecule has 1 aromatic carbocycles. The van der Waals surface area contributed by atoms with Crippen molar-refractivity contribution >= 4 is 40.7 Å². The minimum absolute atomic E-state index is 0.00286. The van der Waals surface area contributed by atoms with Crippen molar-refractivity contribution in [2.75, 3.05) is 36.4 Å². The number of rotatable bonds is 5. The number of urea groups is 1. The third-order valence-electron chi connectivity index (χ3n) is 6.33. The summed E-state index contributed by atoms with van der Waals surface area (Å²) >= 11 is 1.28. The molecule has 1 aromatic heterocycles. The lowest BCUT2D eigenvalue weighted by atomic mass is 10.1. The Hall–Kier alpha value is -3.45. The van der Waals surface area contributed by atoms with Crippen molar-refractivity contribution in [2.24, 2.45) is 0 Å². The predicted molar refractivity (Wildman–Crippen MR) is 149 cm³/mol. The second-order valence-electron chi connectivity index (χ2n) is 11.0. The number of nitro benzene ring substituents is 1. The fourth-order valence-electron chi connectivity index (χ4n) is 4.83. The van der Waals surface area contributed by atoms with Crippen molar-refractivity contribution in [1.29, 1.82) is 0 Å². The van der Waals surface area contributed by atoms with Crippen LogP contribution in [0.3, 0.4) is 0 Å². The maximum absolute atomic E-state index is 12.7. The number of hydrogen-bond donors (Lipinski definition) is 2. The van der Waals surface area contributed by atoms with Gasteiger partial charge in [0.05, 0.1) is 17.1 Å². The van der Waals surface area contributed by atoms with E-state index in [-0.39, 0.29) is 28.9 Å². The van der Waals surface area contributed by atoms with Gasteiger partial charge in [-0.05, 0) is 59.6 Å². The van der Waals surface area contributed by atoms with Gasteiger partial charge in [-0.2, -0.15) is 0 Å². The summed E-state index contributed by atoms with van der Waals surface area (Å²) in [5.74, 6) is 0.342. The largest absolute Gasteiger partial charge is 0.444 e. The first kappa shape index (κ1) is 28.6. The summed E-state index contributed by atoms with van der Waals surface area (Å²) in [6.45, 7) is 11.4. The molecule has 2 saturated heterocycles. The zero-order valence-electron chi connectivity index (χ0n) is 22.9. The van der Waals surface area contributed by atoms with Crippen LogP contribution in [0.15, 0.2) is 23.6 Å². The zero-order chi connectivity index (χ0) is 28.3. The number of carbonyl (C=O) groups excluding carboxylic acids is 2. The summed E-state index contributed by atoms with van der Waals surface area (Å²) in [5, 5.41) is 19.8. The topological polar surface area (TPSA) is 139 Å². The molecule has 212 valence electrons. The van der Waals surface area contributed by atoms with Crippen LogP contribution in [0.1, 0.15) is 47.5 Å². The Labute approximate surface area is 231 Å². The summed E-state index contributed by atoms with van der Waals surface area (Å²) in [5.41, 5.74) is 0.562. The van der Waals surface area contributed by atoms with E-state index >= 15 is 0 Å². The second kappa shape index (κ2) is 11.7. The average Bonchev–Trinajstić information content (AvgIpc) is 3.30. The number of aromatic nitrogens is 1. The van der Waals surface area contributed by atoms with Crippen molar-refractivity contribution in [2.45, 2.75) is 71.3 Å². The van der Waals surface area contributed by atoms with E-state index < -0.39 is 17.7 Å². The molecule has 0 bridgehead atoms. The molecule has 3 atom stereocenters. The highest BCUT2D eigenvalue weighted by atomic mass is 32.1. The molecule has 2 aliphatic rings. The lowest BCUT2D eigenvalue weighted by molar-refractivity contribution is -0.384. The molecule has 0 aliphatic carbocycles. The van der Waals surface area contributed by atoms with Gasteiger partial charge >= 0.3 is 12.1 Å². The smallest absolute Gasteiger partial charge is 0.410 e. The molecule has 2 aromatic rings. The molecule has 39 heavy (non-hydrogen) atoms. The first-order valence-electron chi connectivity index (χ1n) is 13.1. The Kier molecular flexibility index (Phi) is 8.60. The number of nitrogens with zero attached hydrogens (tertiary/aromatic N) is 4. The molecule has 3 amide bonds. The Balaban J connectivity index is 1.39. The number of piperidine rings is 1. The fourth-order valence-corrected chi connectivity index (χ4v) is 5.58. The average molecular weight is 561 g/mol. The lowest BCUT2D eigenvalue weighted by Gasteiger charge is -2.36. The van der Waals surface area contributed by atoms with Crippen LogP contribution in [0.5, 0.6) is 0 Å². The van der Waals surface area contributed by atoms with Crippen LogP contribution in [0.25, 0.3) is 10.6 Å². The van der Waals surface area contributed by atoms with Crippen LogP contribution in [-0.2, 0) is 9.47 Å². The van der Waals surface area contributed by atoms with Crippen LogP contribution in [0, 0.1) is 10.1 Å². The van der Waals surface area contributed by atoms with Gasteiger partial charge in [-0.1, -0.05) is 0 Å². The van der Waals surface area contributed by atoms with Gasteiger partial charge in [0, 0.05) is 49.2 Å². The highest BCUT2D eigenvalue weighted by Gasteiger charge is 2.30. The number of benzene rings is 1. The lowest BCUT2D eigenvalue weighted by Crippen LogP contribution is -2.51. The molecule has 2 N–H and O–H groups in total. The number of hydrogen-bond acceptors (Lipinski definition) is 9. The zero-order valence-corrected chi connectivity index (χ0v) is 23.7. The fraction of sp³-hybridized carbons (Fsp3) is 0.577. The summed E-state index contributed by atoms with van der Waals surface area (Å²) in [6, 6.07) is 4.43. The van der Waals surface area contributed by atoms with Crippen LogP contribution in [0.2, 0.25) is 0 Å². The monoisotopic (exact) mass is 560 g/mol. The molecule has 0 spiro atoms. The SMILES string of the molecule is CC1CN(c2ccc(-c3nc(NC(=O)N[C@H]4CCCN(C(=O)OC(C)(C)C)C4)cs3)cc2[N+](=O)[O-])CC(C)O1. The second-order valence-corrected chi connectivity index (χ2v) is 11.9. The van der Waals surface area contributed by atoms with E-state index in [2.05, 4.69) is 15.6 Å². The molecule has 2 unspecified atom stereocenters. The number of nitro groups is 1. The Morgan fingerprint density at radius 3 is 2.59 bits per heavy atom. The first-order chi connectivity index (χ1) is 18.4. The van der Waals surface area contributed by atoms with Gasteiger partial charge in [-0.25, -0.2) is 14.6 Å².